The first kappa shape index (κ1) is 18.9. The van der Waals surface area contributed by atoms with Gasteiger partial charge >= 0.3 is 137 Å². The van der Waals surface area contributed by atoms with E-state index in [-0.39, 0.29) is 0 Å². The van der Waals surface area contributed by atoms with Gasteiger partial charge in [-0.05, 0) is 0 Å². The molecular formula is C18H36SSn. The van der Waals surface area contributed by atoms with Crippen molar-refractivity contribution in [3.8, 4) is 0 Å². The Bertz CT molecular complexity index is 285. The van der Waals surface area contributed by atoms with Crippen molar-refractivity contribution in [2.75, 3.05) is 5.75 Å². The molecule has 0 radical (unpaired) electrons. The normalized spacial score (nSPS) is 18.4. The number of hydrogen-bond donors (Lipinski definition) is 0. The molecule has 20 heavy (non-hydrogen) atoms. The van der Waals surface area contributed by atoms with Gasteiger partial charge in [-0.2, -0.15) is 0 Å². The van der Waals surface area contributed by atoms with Crippen LogP contribution in [0.15, 0.2) is 9.00 Å². The van der Waals surface area contributed by atoms with Gasteiger partial charge in [-0.1, -0.05) is 0 Å². The fraction of sp³-hybridized carbons (Fsp3) is 0.889. The molecule has 1 heterocycles. The van der Waals surface area contributed by atoms with Gasteiger partial charge in [-0.15, -0.1) is 0 Å². The van der Waals surface area contributed by atoms with Crippen LogP contribution in [0, 0.1) is 5.41 Å². The van der Waals surface area contributed by atoms with E-state index < -0.39 is 18.4 Å². The van der Waals surface area contributed by atoms with Crippen molar-refractivity contribution < 1.29 is 0 Å². The summed E-state index contributed by atoms with van der Waals surface area (Å²) in [6, 6.07) is 0. The molecule has 0 saturated carbocycles. The third-order valence-electron chi connectivity index (χ3n) is 4.67. The Labute approximate surface area is 136 Å². The third-order valence-corrected chi connectivity index (χ3v) is 24.7. The van der Waals surface area contributed by atoms with Crippen molar-refractivity contribution in [3.05, 3.63) is 9.00 Å². The maximum atomic E-state index is 2.72. The molecule has 0 atom stereocenters. The molecule has 0 nitrogen and oxygen atoms in total. The third kappa shape index (κ3) is 5.59. The molecule has 0 aromatic carbocycles. The van der Waals surface area contributed by atoms with Crippen LogP contribution in [0.5, 0.6) is 0 Å². The van der Waals surface area contributed by atoms with E-state index in [1.54, 1.807) is 13.3 Å². The zero-order chi connectivity index (χ0) is 15.1. The van der Waals surface area contributed by atoms with Crippen molar-refractivity contribution >= 4 is 30.1 Å². The van der Waals surface area contributed by atoms with E-state index in [4.69, 9.17) is 0 Å². The van der Waals surface area contributed by atoms with Gasteiger partial charge in [0, 0.05) is 0 Å². The molecule has 0 amide bonds. The standard InChI is InChI=1S/C6H9S.3C4H9.Sn/c1-6(2)3-4-7-5-6;3*1-3-4-2;/h3H,5H2,1-2H3;3*1,3-4H2,2H3;. The van der Waals surface area contributed by atoms with Crippen LogP contribution in [-0.2, 0) is 0 Å². The van der Waals surface area contributed by atoms with Crippen LogP contribution in [0.25, 0.3) is 0 Å². The minimum atomic E-state index is -2.06. The number of unbranched alkanes of at least 4 members (excludes halogenated alkanes) is 3. The average Bonchev–Trinajstić information content (AvgIpc) is 2.79. The van der Waals surface area contributed by atoms with Gasteiger partial charge in [-0.3, -0.25) is 0 Å². The van der Waals surface area contributed by atoms with E-state index >= 15 is 0 Å². The van der Waals surface area contributed by atoms with Crippen molar-refractivity contribution in [1.82, 2.24) is 0 Å². The van der Waals surface area contributed by atoms with Gasteiger partial charge in [0.25, 0.3) is 0 Å². The van der Waals surface area contributed by atoms with E-state index in [0.29, 0.717) is 5.41 Å². The summed E-state index contributed by atoms with van der Waals surface area (Å²) in [5, 5.41) is 0. The summed E-state index contributed by atoms with van der Waals surface area (Å²) in [5.41, 5.74) is 0.465. The number of hydrogen-bond acceptors (Lipinski definition) is 1. The fourth-order valence-corrected chi connectivity index (χ4v) is 25.0. The van der Waals surface area contributed by atoms with Gasteiger partial charge < -0.3 is 0 Å². The predicted octanol–water partition coefficient (Wildman–Crippen LogP) is 7.03. The fourth-order valence-electron chi connectivity index (χ4n) is 3.30. The summed E-state index contributed by atoms with van der Waals surface area (Å²) >= 11 is 0.199. The van der Waals surface area contributed by atoms with E-state index in [1.807, 2.05) is 2.92 Å². The van der Waals surface area contributed by atoms with Crippen molar-refractivity contribution in [2.24, 2.45) is 5.41 Å². The molecule has 118 valence electrons. The van der Waals surface area contributed by atoms with Gasteiger partial charge in [-0.25, -0.2) is 0 Å². The van der Waals surface area contributed by atoms with Gasteiger partial charge in [0.2, 0.25) is 0 Å². The first-order valence-electron chi connectivity index (χ1n) is 8.86. The molecule has 0 aromatic heterocycles. The Morgan fingerprint density at radius 1 is 0.950 bits per heavy atom. The molecule has 0 saturated heterocycles. The molecular weight excluding hydrogens is 367 g/mol. The van der Waals surface area contributed by atoms with Crippen LogP contribution in [0.1, 0.15) is 73.1 Å². The Balaban J connectivity index is 2.94. The van der Waals surface area contributed by atoms with Gasteiger partial charge in [0.15, 0.2) is 0 Å². The van der Waals surface area contributed by atoms with E-state index in [9.17, 15) is 0 Å². The minimum absolute atomic E-state index is 0.465. The number of thioether (sulfide) groups is 1. The second kappa shape index (κ2) is 9.12. The topological polar surface area (TPSA) is 0 Å². The molecule has 1 aliphatic heterocycles. The summed E-state index contributed by atoms with van der Waals surface area (Å²) in [5.74, 6) is 1.34. The van der Waals surface area contributed by atoms with Crippen molar-refractivity contribution in [3.63, 3.8) is 0 Å². The molecule has 0 spiro atoms. The second-order valence-corrected chi connectivity index (χ2v) is 22.6. The van der Waals surface area contributed by atoms with E-state index in [0.717, 1.165) is 0 Å². The Hall–Kier alpha value is 0.889. The van der Waals surface area contributed by atoms with Gasteiger partial charge in [0.1, 0.15) is 0 Å². The van der Waals surface area contributed by atoms with Crippen molar-refractivity contribution in [1.29, 1.82) is 0 Å². The van der Waals surface area contributed by atoms with Gasteiger partial charge in [0.05, 0.1) is 0 Å². The molecule has 0 N–H and O–H groups in total. The zero-order valence-corrected chi connectivity index (χ0v) is 18.2. The van der Waals surface area contributed by atoms with Crippen LogP contribution < -0.4 is 0 Å². The zero-order valence-electron chi connectivity index (χ0n) is 14.6. The summed E-state index contributed by atoms with van der Waals surface area (Å²) in [6.45, 7) is 12.0. The summed E-state index contributed by atoms with van der Waals surface area (Å²) < 4.78 is 6.83. The quantitative estimate of drug-likeness (QED) is 0.353. The summed E-state index contributed by atoms with van der Waals surface area (Å²) in [4.78, 5) is 0. The molecule has 2 heteroatoms. The Morgan fingerprint density at radius 3 is 1.70 bits per heavy atom. The molecule has 0 aromatic rings. The monoisotopic (exact) mass is 404 g/mol. The summed E-state index contributed by atoms with van der Waals surface area (Å²) in [6.07, 6.45) is 11.3. The molecule has 0 fully saturated rings. The van der Waals surface area contributed by atoms with Crippen LogP contribution in [0.4, 0.5) is 0 Å². The van der Waals surface area contributed by atoms with Crippen LogP contribution in [0.2, 0.25) is 13.3 Å². The van der Waals surface area contributed by atoms with E-state index in [2.05, 4.69) is 52.5 Å². The predicted molar refractivity (Wildman–Crippen MR) is 99.2 cm³/mol. The number of rotatable bonds is 10. The summed E-state index contributed by atoms with van der Waals surface area (Å²) in [7, 11) is 0. The molecule has 1 aliphatic rings. The van der Waals surface area contributed by atoms with Crippen LogP contribution in [0.3, 0.4) is 0 Å². The van der Waals surface area contributed by atoms with Crippen LogP contribution >= 0.6 is 11.8 Å². The molecule has 1 rings (SSSR count). The SMILES string of the molecule is CCC[CH2][Sn]([CH2]CCC)([CH2]CCC)[C]1=CC(C)(C)CS1. The molecule has 0 bridgehead atoms. The van der Waals surface area contributed by atoms with Crippen molar-refractivity contribution in [2.45, 2.75) is 86.5 Å². The Kier molecular flexibility index (Phi) is 8.64. The maximum absolute atomic E-state index is 2.72. The molecule has 0 aliphatic carbocycles. The molecule has 0 unspecified atom stereocenters. The number of allylic oxidation sites excluding steroid dienone is 1. The first-order chi connectivity index (χ1) is 9.49. The van der Waals surface area contributed by atoms with Crippen LogP contribution in [-0.4, -0.2) is 24.1 Å². The first-order valence-corrected chi connectivity index (χ1v) is 17.3. The average molecular weight is 403 g/mol. The van der Waals surface area contributed by atoms with E-state index in [1.165, 1.54) is 44.3 Å². The second-order valence-electron chi connectivity index (χ2n) is 7.38. The Morgan fingerprint density at radius 2 is 1.40 bits per heavy atom.